The summed E-state index contributed by atoms with van der Waals surface area (Å²) in [6, 6.07) is 0. The van der Waals surface area contributed by atoms with E-state index < -0.39 is 0 Å². The molecule has 1 heterocycles. The van der Waals surface area contributed by atoms with Crippen molar-refractivity contribution in [2.24, 2.45) is 5.41 Å². The Morgan fingerprint density at radius 3 is 2.81 bits per heavy atom. The molecule has 4 nitrogen and oxygen atoms in total. The summed E-state index contributed by atoms with van der Waals surface area (Å²) in [6.07, 6.45) is 3.27. The average Bonchev–Trinajstić information content (AvgIpc) is 2.28. The molecule has 0 aliphatic carbocycles. The van der Waals surface area contributed by atoms with Gasteiger partial charge in [-0.3, -0.25) is 4.98 Å². The smallest absolute Gasteiger partial charge is 0.234 e. The summed E-state index contributed by atoms with van der Waals surface area (Å²) in [4.78, 5) is 8.31. The van der Waals surface area contributed by atoms with Crippen LogP contribution in [-0.2, 0) is 0 Å². The molecule has 0 aromatic carbocycles. The molecule has 0 bridgehead atoms. The van der Waals surface area contributed by atoms with E-state index in [0.717, 1.165) is 6.54 Å². The first-order valence-corrected chi connectivity index (χ1v) is 5.85. The number of hydrogen-bond donors (Lipinski definition) is 1. The molecule has 0 fully saturated rings. The summed E-state index contributed by atoms with van der Waals surface area (Å²) in [6.45, 7) is 7.43. The van der Waals surface area contributed by atoms with Crippen molar-refractivity contribution in [2.45, 2.75) is 20.8 Å². The lowest BCUT2D eigenvalue weighted by Crippen LogP contribution is -2.25. The zero-order valence-corrected chi connectivity index (χ0v) is 10.7. The minimum absolute atomic E-state index is 0.0326. The van der Waals surface area contributed by atoms with Gasteiger partial charge in [0.25, 0.3) is 0 Å². The molecule has 0 unspecified atom stereocenters. The number of hydrogen-bond acceptors (Lipinski definition) is 4. The molecular formula is C11H18ClN3O. The van der Waals surface area contributed by atoms with E-state index in [4.69, 9.17) is 16.3 Å². The molecule has 1 N–H and O–H groups in total. The Balaban J connectivity index is 2.57. The fraction of sp³-hybridized carbons (Fsp3) is 0.636. The SMILES string of the molecule is CCOc1cncc(NCC(C)(C)CCl)n1. The fourth-order valence-electron chi connectivity index (χ4n) is 1.03. The maximum Gasteiger partial charge on any atom is 0.234 e. The molecule has 0 aliphatic rings. The van der Waals surface area contributed by atoms with E-state index in [2.05, 4.69) is 29.1 Å². The van der Waals surface area contributed by atoms with Gasteiger partial charge in [0.2, 0.25) is 5.88 Å². The van der Waals surface area contributed by atoms with E-state index in [1.54, 1.807) is 12.4 Å². The van der Waals surface area contributed by atoms with Crippen LogP contribution in [0.1, 0.15) is 20.8 Å². The number of alkyl halides is 1. The molecular weight excluding hydrogens is 226 g/mol. The Morgan fingerprint density at radius 2 is 2.19 bits per heavy atom. The van der Waals surface area contributed by atoms with Crippen LogP contribution < -0.4 is 10.1 Å². The molecule has 0 amide bonds. The zero-order valence-electron chi connectivity index (χ0n) is 9.96. The summed E-state index contributed by atoms with van der Waals surface area (Å²) < 4.78 is 5.27. The van der Waals surface area contributed by atoms with Gasteiger partial charge >= 0.3 is 0 Å². The van der Waals surface area contributed by atoms with Crippen molar-refractivity contribution in [3.8, 4) is 5.88 Å². The van der Waals surface area contributed by atoms with E-state index in [1.807, 2.05) is 6.92 Å². The van der Waals surface area contributed by atoms with Crippen LogP contribution in [0.5, 0.6) is 5.88 Å². The first-order chi connectivity index (χ1) is 7.57. The minimum atomic E-state index is 0.0326. The number of halogens is 1. The molecule has 0 radical (unpaired) electrons. The zero-order chi connectivity index (χ0) is 12.0. The maximum absolute atomic E-state index is 5.84. The number of ether oxygens (including phenoxy) is 1. The maximum atomic E-state index is 5.84. The van der Waals surface area contributed by atoms with Gasteiger partial charge in [-0.1, -0.05) is 13.8 Å². The van der Waals surface area contributed by atoms with Crippen LogP contribution in [-0.4, -0.2) is 29.0 Å². The monoisotopic (exact) mass is 243 g/mol. The van der Waals surface area contributed by atoms with Gasteiger partial charge in [0, 0.05) is 12.4 Å². The van der Waals surface area contributed by atoms with Gasteiger partial charge in [0.05, 0.1) is 19.0 Å². The summed E-state index contributed by atoms with van der Waals surface area (Å²) in [5.74, 6) is 1.85. The quantitative estimate of drug-likeness (QED) is 0.780. The van der Waals surface area contributed by atoms with Gasteiger partial charge < -0.3 is 10.1 Å². The highest BCUT2D eigenvalue weighted by Crippen LogP contribution is 2.18. The first-order valence-electron chi connectivity index (χ1n) is 5.32. The van der Waals surface area contributed by atoms with Crippen molar-refractivity contribution < 1.29 is 4.74 Å². The number of anilines is 1. The third-order valence-corrected chi connectivity index (χ3v) is 2.74. The van der Waals surface area contributed by atoms with Crippen molar-refractivity contribution in [3.63, 3.8) is 0 Å². The molecule has 90 valence electrons. The molecule has 0 spiro atoms. The van der Waals surface area contributed by atoms with Crippen LogP contribution in [0.15, 0.2) is 12.4 Å². The van der Waals surface area contributed by atoms with Crippen LogP contribution in [0.25, 0.3) is 0 Å². The van der Waals surface area contributed by atoms with E-state index in [-0.39, 0.29) is 5.41 Å². The molecule has 1 aromatic rings. The van der Waals surface area contributed by atoms with Gasteiger partial charge in [-0.15, -0.1) is 11.6 Å². The van der Waals surface area contributed by atoms with Crippen LogP contribution in [0.2, 0.25) is 0 Å². The van der Waals surface area contributed by atoms with Crippen LogP contribution in [0.3, 0.4) is 0 Å². The Labute approximate surface area is 101 Å². The Kier molecular flexibility index (Phi) is 4.80. The number of nitrogens with one attached hydrogen (secondary N) is 1. The van der Waals surface area contributed by atoms with Gasteiger partial charge in [0.1, 0.15) is 5.82 Å². The lowest BCUT2D eigenvalue weighted by molar-refractivity contribution is 0.325. The predicted octanol–water partition coefficient (Wildman–Crippen LogP) is 2.55. The molecule has 1 rings (SSSR count). The third kappa shape index (κ3) is 4.23. The van der Waals surface area contributed by atoms with E-state index in [0.29, 0.717) is 24.2 Å². The molecule has 1 aromatic heterocycles. The largest absolute Gasteiger partial charge is 0.477 e. The van der Waals surface area contributed by atoms with Gasteiger partial charge in [0.15, 0.2) is 0 Å². The molecule has 0 saturated heterocycles. The highest BCUT2D eigenvalue weighted by molar-refractivity contribution is 6.18. The van der Waals surface area contributed by atoms with E-state index in [1.165, 1.54) is 0 Å². The average molecular weight is 244 g/mol. The second-order valence-electron chi connectivity index (χ2n) is 4.33. The summed E-state index contributed by atoms with van der Waals surface area (Å²) in [7, 11) is 0. The van der Waals surface area contributed by atoms with Gasteiger partial charge in [-0.25, -0.2) is 0 Å². The fourth-order valence-corrected chi connectivity index (χ4v) is 1.12. The molecule has 0 aliphatic heterocycles. The Bertz CT molecular complexity index is 331. The van der Waals surface area contributed by atoms with Gasteiger partial charge in [-0.2, -0.15) is 4.98 Å². The van der Waals surface area contributed by atoms with E-state index in [9.17, 15) is 0 Å². The summed E-state index contributed by atoms with van der Waals surface area (Å²) in [5, 5.41) is 3.20. The highest BCUT2D eigenvalue weighted by atomic mass is 35.5. The first kappa shape index (κ1) is 13.0. The van der Waals surface area contributed by atoms with E-state index >= 15 is 0 Å². The highest BCUT2D eigenvalue weighted by Gasteiger charge is 2.16. The van der Waals surface area contributed by atoms with Crippen LogP contribution >= 0.6 is 11.6 Å². The minimum Gasteiger partial charge on any atom is -0.477 e. The number of rotatable bonds is 6. The van der Waals surface area contributed by atoms with Crippen molar-refractivity contribution >= 4 is 17.4 Å². The topological polar surface area (TPSA) is 47.0 Å². The predicted molar refractivity (Wildman–Crippen MR) is 66.2 cm³/mol. The standard InChI is InChI=1S/C11H18ClN3O/c1-4-16-10-6-13-5-9(15-10)14-8-11(2,3)7-12/h5-6H,4,7-8H2,1-3H3,(H,14,15). The van der Waals surface area contributed by atoms with Crippen LogP contribution in [0, 0.1) is 5.41 Å². The Hall–Kier alpha value is -1.03. The van der Waals surface area contributed by atoms with Gasteiger partial charge in [-0.05, 0) is 12.3 Å². The van der Waals surface area contributed by atoms with Crippen molar-refractivity contribution in [3.05, 3.63) is 12.4 Å². The second kappa shape index (κ2) is 5.89. The van der Waals surface area contributed by atoms with Crippen molar-refractivity contribution in [2.75, 3.05) is 24.3 Å². The summed E-state index contributed by atoms with van der Waals surface area (Å²) >= 11 is 5.84. The second-order valence-corrected chi connectivity index (χ2v) is 4.59. The lowest BCUT2D eigenvalue weighted by Gasteiger charge is -2.21. The lowest BCUT2D eigenvalue weighted by atomic mass is 9.97. The van der Waals surface area contributed by atoms with Crippen molar-refractivity contribution in [1.82, 2.24) is 9.97 Å². The third-order valence-electron chi connectivity index (χ3n) is 2.01. The Morgan fingerprint density at radius 1 is 1.44 bits per heavy atom. The molecule has 16 heavy (non-hydrogen) atoms. The molecule has 5 heteroatoms. The number of aromatic nitrogens is 2. The molecule has 0 saturated carbocycles. The molecule has 0 atom stereocenters. The van der Waals surface area contributed by atoms with Crippen LogP contribution in [0.4, 0.5) is 5.82 Å². The van der Waals surface area contributed by atoms with Crippen molar-refractivity contribution in [1.29, 1.82) is 0 Å². The normalized spacial score (nSPS) is 11.2. The summed E-state index contributed by atoms with van der Waals surface area (Å²) in [5.41, 5.74) is 0.0326. The number of nitrogens with zero attached hydrogens (tertiary/aromatic N) is 2.